The molecule has 2 N–H and O–H groups in total. The van der Waals surface area contributed by atoms with Gasteiger partial charge in [0.25, 0.3) is 0 Å². The number of urea groups is 1. The molecule has 6 heteroatoms. The van der Waals surface area contributed by atoms with E-state index in [1.54, 1.807) is 0 Å². The molecule has 0 saturated carbocycles. The molecule has 1 aliphatic heterocycles. The zero-order chi connectivity index (χ0) is 16.2. The van der Waals surface area contributed by atoms with Gasteiger partial charge in [-0.05, 0) is 43.9 Å². The summed E-state index contributed by atoms with van der Waals surface area (Å²) >= 11 is 0. The normalized spacial score (nSPS) is 16.7. The topological polar surface area (TPSA) is 71.8 Å². The van der Waals surface area contributed by atoms with Gasteiger partial charge in [0, 0.05) is 12.2 Å². The van der Waals surface area contributed by atoms with Gasteiger partial charge in [-0.3, -0.25) is 0 Å². The van der Waals surface area contributed by atoms with Crippen LogP contribution in [0, 0.1) is 6.92 Å². The summed E-state index contributed by atoms with van der Waals surface area (Å²) in [6.45, 7) is 4.90. The van der Waals surface area contributed by atoms with Crippen molar-refractivity contribution in [3.63, 3.8) is 0 Å². The molecule has 122 valence electrons. The first-order valence-electron chi connectivity index (χ1n) is 8.23. The quantitative estimate of drug-likeness (QED) is 0.910. The molecule has 0 fully saturated rings. The molecule has 0 radical (unpaired) electrons. The Hall–Kier alpha value is -2.37. The van der Waals surface area contributed by atoms with Crippen LogP contribution in [0.4, 0.5) is 10.5 Å². The summed E-state index contributed by atoms with van der Waals surface area (Å²) in [6.07, 6.45) is 4.06. The summed E-state index contributed by atoms with van der Waals surface area (Å²) in [5, 5.41) is 10.2. The van der Waals surface area contributed by atoms with Crippen LogP contribution in [0.5, 0.6) is 0 Å². The molecule has 1 aromatic heterocycles. The molecule has 0 spiro atoms. The summed E-state index contributed by atoms with van der Waals surface area (Å²) in [5.41, 5.74) is 2.09. The van der Waals surface area contributed by atoms with E-state index < -0.39 is 0 Å². The first-order chi connectivity index (χ1) is 11.2. The van der Waals surface area contributed by atoms with E-state index in [0.717, 1.165) is 49.6 Å². The van der Waals surface area contributed by atoms with Gasteiger partial charge >= 0.3 is 6.03 Å². The minimum Gasteiger partial charge on any atom is -0.328 e. The van der Waals surface area contributed by atoms with E-state index in [0.29, 0.717) is 0 Å². The molecule has 3 rings (SSSR count). The second kappa shape index (κ2) is 6.81. The van der Waals surface area contributed by atoms with Crippen LogP contribution in [0.1, 0.15) is 49.4 Å². The van der Waals surface area contributed by atoms with Crippen LogP contribution in [0.25, 0.3) is 0 Å². The number of nitrogens with zero attached hydrogens (tertiary/aromatic N) is 3. The lowest BCUT2D eigenvalue weighted by atomic mass is 10.1. The van der Waals surface area contributed by atoms with Crippen LogP contribution >= 0.6 is 0 Å². The van der Waals surface area contributed by atoms with Crippen molar-refractivity contribution in [3.05, 3.63) is 41.5 Å². The summed E-state index contributed by atoms with van der Waals surface area (Å²) in [4.78, 5) is 16.7. The maximum atomic E-state index is 12.2. The smallest absolute Gasteiger partial charge is 0.319 e. The second-order valence-corrected chi connectivity index (χ2v) is 5.98. The van der Waals surface area contributed by atoms with Gasteiger partial charge in [-0.2, -0.15) is 5.10 Å². The zero-order valence-corrected chi connectivity index (χ0v) is 13.7. The Bertz CT molecular complexity index is 677. The molecule has 0 aliphatic carbocycles. The fraction of sp³-hybridized carbons (Fsp3) is 0.471. The molecule has 1 unspecified atom stereocenters. The number of amides is 2. The maximum absolute atomic E-state index is 12.2. The first-order valence-corrected chi connectivity index (χ1v) is 8.23. The minimum absolute atomic E-state index is 0.0793. The van der Waals surface area contributed by atoms with Crippen LogP contribution < -0.4 is 10.6 Å². The van der Waals surface area contributed by atoms with Crippen molar-refractivity contribution in [1.29, 1.82) is 0 Å². The van der Waals surface area contributed by atoms with Crippen LogP contribution in [0.2, 0.25) is 0 Å². The third kappa shape index (κ3) is 3.70. The number of aromatic nitrogens is 3. The van der Waals surface area contributed by atoms with Gasteiger partial charge in [-0.1, -0.05) is 25.5 Å². The molecule has 2 aromatic rings. The number of aryl methyl sites for hydroxylation is 3. The van der Waals surface area contributed by atoms with Crippen LogP contribution in [0.3, 0.4) is 0 Å². The molecule has 2 heterocycles. The fourth-order valence-electron chi connectivity index (χ4n) is 2.97. The Labute approximate surface area is 136 Å². The monoisotopic (exact) mass is 313 g/mol. The van der Waals surface area contributed by atoms with Gasteiger partial charge in [0.1, 0.15) is 11.6 Å². The average molecular weight is 313 g/mol. The SMILES string of the molecule is CCCc1ccc(NC(=O)NC2CCCn3nc(C)nc32)cc1. The summed E-state index contributed by atoms with van der Waals surface area (Å²) in [5.74, 6) is 1.60. The predicted octanol–water partition coefficient (Wildman–Crippen LogP) is 3.20. The molecule has 1 aliphatic rings. The number of carbonyl (C=O) groups is 1. The molecular formula is C17H23N5O. The molecule has 0 saturated heterocycles. The van der Waals surface area contributed by atoms with Crippen molar-refractivity contribution in [2.75, 3.05) is 5.32 Å². The van der Waals surface area contributed by atoms with E-state index >= 15 is 0 Å². The van der Waals surface area contributed by atoms with E-state index in [9.17, 15) is 4.79 Å². The number of rotatable bonds is 4. The summed E-state index contributed by atoms with van der Waals surface area (Å²) in [6, 6.07) is 7.71. The van der Waals surface area contributed by atoms with Crippen molar-refractivity contribution in [2.45, 2.75) is 52.1 Å². The van der Waals surface area contributed by atoms with Crippen LogP contribution in [-0.2, 0) is 13.0 Å². The number of hydrogen-bond donors (Lipinski definition) is 2. The second-order valence-electron chi connectivity index (χ2n) is 5.98. The highest BCUT2D eigenvalue weighted by atomic mass is 16.2. The lowest BCUT2D eigenvalue weighted by Gasteiger charge is -2.23. The van der Waals surface area contributed by atoms with Gasteiger partial charge in [0.05, 0.1) is 6.04 Å². The van der Waals surface area contributed by atoms with E-state index in [-0.39, 0.29) is 12.1 Å². The molecule has 23 heavy (non-hydrogen) atoms. The number of anilines is 1. The number of nitrogens with one attached hydrogen (secondary N) is 2. The summed E-state index contributed by atoms with van der Waals surface area (Å²) in [7, 11) is 0. The highest BCUT2D eigenvalue weighted by molar-refractivity contribution is 5.89. The number of fused-ring (bicyclic) bond motifs is 1. The van der Waals surface area contributed by atoms with Gasteiger partial charge in [0.2, 0.25) is 0 Å². The number of carbonyl (C=O) groups excluding carboxylic acids is 1. The number of hydrogen-bond acceptors (Lipinski definition) is 3. The van der Waals surface area contributed by atoms with Crippen molar-refractivity contribution in [3.8, 4) is 0 Å². The molecule has 2 amide bonds. The Morgan fingerprint density at radius 2 is 2.13 bits per heavy atom. The van der Waals surface area contributed by atoms with Gasteiger partial charge in [-0.25, -0.2) is 14.5 Å². The average Bonchev–Trinajstić information content (AvgIpc) is 2.91. The van der Waals surface area contributed by atoms with Gasteiger partial charge in [0.15, 0.2) is 0 Å². The first kappa shape index (κ1) is 15.5. The molecule has 1 aromatic carbocycles. The maximum Gasteiger partial charge on any atom is 0.319 e. The number of benzene rings is 1. The highest BCUT2D eigenvalue weighted by Crippen LogP contribution is 2.23. The van der Waals surface area contributed by atoms with E-state index in [1.165, 1.54) is 5.56 Å². The Morgan fingerprint density at radius 3 is 2.87 bits per heavy atom. The van der Waals surface area contributed by atoms with E-state index in [4.69, 9.17) is 0 Å². The van der Waals surface area contributed by atoms with Crippen molar-refractivity contribution in [1.82, 2.24) is 20.1 Å². The third-order valence-electron chi connectivity index (χ3n) is 4.04. The lowest BCUT2D eigenvalue weighted by molar-refractivity contribution is 0.244. The van der Waals surface area contributed by atoms with Crippen molar-refractivity contribution in [2.24, 2.45) is 0 Å². The van der Waals surface area contributed by atoms with Crippen molar-refractivity contribution >= 4 is 11.7 Å². The predicted molar refractivity (Wildman–Crippen MR) is 89.3 cm³/mol. The minimum atomic E-state index is -0.202. The highest BCUT2D eigenvalue weighted by Gasteiger charge is 2.24. The van der Waals surface area contributed by atoms with Crippen LogP contribution in [-0.4, -0.2) is 20.8 Å². The lowest BCUT2D eigenvalue weighted by Crippen LogP contribution is -2.36. The Kier molecular flexibility index (Phi) is 4.60. The largest absolute Gasteiger partial charge is 0.328 e. The standard InChI is InChI=1S/C17H23N5O/c1-3-5-13-7-9-14(10-8-13)19-17(23)20-15-6-4-11-22-16(15)18-12(2)21-22/h7-10,15H,3-6,11H2,1-2H3,(H2,19,20,23). The zero-order valence-electron chi connectivity index (χ0n) is 13.7. The Morgan fingerprint density at radius 1 is 1.35 bits per heavy atom. The van der Waals surface area contributed by atoms with Crippen molar-refractivity contribution < 1.29 is 4.79 Å². The molecular weight excluding hydrogens is 290 g/mol. The summed E-state index contributed by atoms with van der Waals surface area (Å²) < 4.78 is 1.89. The van der Waals surface area contributed by atoms with Gasteiger partial charge < -0.3 is 10.6 Å². The van der Waals surface area contributed by atoms with E-state index in [2.05, 4.69) is 39.8 Å². The van der Waals surface area contributed by atoms with E-state index in [1.807, 2.05) is 23.7 Å². The van der Waals surface area contributed by atoms with Crippen LogP contribution in [0.15, 0.2) is 24.3 Å². The molecule has 6 nitrogen and oxygen atoms in total. The molecule has 0 bridgehead atoms. The Balaban J connectivity index is 1.61. The third-order valence-corrected chi connectivity index (χ3v) is 4.04. The van der Waals surface area contributed by atoms with Gasteiger partial charge in [-0.15, -0.1) is 0 Å². The fourth-order valence-corrected chi connectivity index (χ4v) is 2.97. The molecule has 1 atom stereocenters.